The minimum Gasteiger partial charge on any atom is -0.485 e. The molecule has 31 heavy (non-hydrogen) atoms. The van der Waals surface area contributed by atoms with Crippen LogP contribution in [0, 0.1) is 13.8 Å². The molecule has 0 radical (unpaired) electrons. The Morgan fingerprint density at radius 2 is 1.87 bits per heavy atom. The van der Waals surface area contributed by atoms with Gasteiger partial charge in [-0.05, 0) is 49.2 Å². The van der Waals surface area contributed by atoms with Gasteiger partial charge >= 0.3 is 0 Å². The predicted molar refractivity (Wildman–Crippen MR) is 120 cm³/mol. The summed E-state index contributed by atoms with van der Waals surface area (Å²) in [6, 6.07) is 20.5. The molecule has 7 heteroatoms. The number of furan rings is 1. The van der Waals surface area contributed by atoms with Gasteiger partial charge in [0.25, 0.3) is 5.91 Å². The molecule has 4 rings (SSSR count). The number of para-hydroxylation sites is 1. The lowest BCUT2D eigenvalue weighted by atomic mass is 10.2. The minimum atomic E-state index is -0.371. The number of rotatable bonds is 7. The van der Waals surface area contributed by atoms with E-state index in [1.54, 1.807) is 22.9 Å². The fourth-order valence-electron chi connectivity index (χ4n) is 3.14. The van der Waals surface area contributed by atoms with Crippen LogP contribution in [0.3, 0.4) is 0 Å². The Hall–Kier alpha value is -3.51. The zero-order valence-electron chi connectivity index (χ0n) is 17.3. The van der Waals surface area contributed by atoms with Crippen molar-refractivity contribution in [3.8, 4) is 5.75 Å². The summed E-state index contributed by atoms with van der Waals surface area (Å²) in [5.74, 6) is 1.62. The van der Waals surface area contributed by atoms with Crippen molar-refractivity contribution < 1.29 is 13.9 Å². The number of hydrogen-bond acceptors (Lipinski definition) is 4. The van der Waals surface area contributed by atoms with Crippen molar-refractivity contribution in [1.82, 2.24) is 9.78 Å². The van der Waals surface area contributed by atoms with Gasteiger partial charge in [-0.2, -0.15) is 5.10 Å². The van der Waals surface area contributed by atoms with E-state index in [2.05, 4.69) is 10.4 Å². The third kappa shape index (κ3) is 4.98. The third-order valence-electron chi connectivity index (χ3n) is 4.85. The average molecular weight is 436 g/mol. The maximum Gasteiger partial charge on any atom is 0.292 e. The molecule has 0 aliphatic rings. The van der Waals surface area contributed by atoms with E-state index in [1.807, 2.05) is 62.4 Å². The van der Waals surface area contributed by atoms with Crippen LogP contribution in [-0.2, 0) is 13.2 Å². The van der Waals surface area contributed by atoms with Crippen molar-refractivity contribution in [3.05, 3.63) is 100 Å². The summed E-state index contributed by atoms with van der Waals surface area (Å²) in [6.07, 6.45) is 0. The molecule has 4 aromatic rings. The zero-order chi connectivity index (χ0) is 21.8. The minimum absolute atomic E-state index is 0.196. The predicted octanol–water partition coefficient (Wildman–Crippen LogP) is 5.63. The molecule has 1 amide bonds. The first-order chi connectivity index (χ1) is 15.0. The number of nitrogens with zero attached hydrogens (tertiary/aromatic N) is 2. The topological polar surface area (TPSA) is 69.3 Å². The lowest BCUT2D eigenvalue weighted by molar-refractivity contribution is 0.0992. The number of hydrogen-bond donors (Lipinski definition) is 1. The van der Waals surface area contributed by atoms with E-state index in [0.717, 1.165) is 22.6 Å². The highest BCUT2D eigenvalue weighted by molar-refractivity contribution is 6.31. The normalized spacial score (nSPS) is 10.8. The molecule has 0 saturated carbocycles. The fraction of sp³-hybridized carbons (Fsp3) is 0.167. The molecule has 0 unspecified atom stereocenters. The van der Waals surface area contributed by atoms with E-state index in [9.17, 15) is 4.79 Å². The van der Waals surface area contributed by atoms with E-state index in [-0.39, 0.29) is 18.3 Å². The lowest BCUT2D eigenvalue weighted by Gasteiger charge is -2.07. The summed E-state index contributed by atoms with van der Waals surface area (Å²) < 4.78 is 13.2. The molecule has 1 N–H and O–H groups in total. The standard InChI is InChI=1S/C24H22ClN3O3/c1-16-7-3-6-10-21(16)30-15-19-11-12-22(31-19)24(29)26-23-13-17(2)28(27-23)14-18-8-4-5-9-20(18)25/h3-13H,14-15H2,1-2H3,(H,26,27,29). The molecular weight excluding hydrogens is 414 g/mol. The monoisotopic (exact) mass is 435 g/mol. The van der Waals surface area contributed by atoms with Gasteiger partial charge in [0.1, 0.15) is 18.1 Å². The van der Waals surface area contributed by atoms with Gasteiger partial charge in [-0.25, -0.2) is 0 Å². The van der Waals surface area contributed by atoms with Gasteiger partial charge in [0.15, 0.2) is 11.6 Å². The second-order valence-corrected chi connectivity index (χ2v) is 7.60. The van der Waals surface area contributed by atoms with Crippen molar-refractivity contribution >= 4 is 23.3 Å². The number of aromatic nitrogens is 2. The Morgan fingerprint density at radius 1 is 1.10 bits per heavy atom. The average Bonchev–Trinajstić information content (AvgIpc) is 3.36. The van der Waals surface area contributed by atoms with Crippen LogP contribution in [0.1, 0.15) is 33.1 Å². The summed E-state index contributed by atoms with van der Waals surface area (Å²) in [4.78, 5) is 12.6. The second kappa shape index (κ2) is 9.10. The molecule has 0 fully saturated rings. The summed E-state index contributed by atoms with van der Waals surface area (Å²) in [6.45, 7) is 4.66. The van der Waals surface area contributed by atoms with Crippen LogP contribution in [0.5, 0.6) is 5.75 Å². The van der Waals surface area contributed by atoms with E-state index >= 15 is 0 Å². The van der Waals surface area contributed by atoms with Gasteiger partial charge in [0.2, 0.25) is 0 Å². The van der Waals surface area contributed by atoms with Crippen LogP contribution in [-0.4, -0.2) is 15.7 Å². The number of carbonyl (C=O) groups is 1. The molecule has 2 aromatic carbocycles. The fourth-order valence-corrected chi connectivity index (χ4v) is 3.34. The molecular formula is C24H22ClN3O3. The highest BCUT2D eigenvalue weighted by Gasteiger charge is 2.15. The maximum absolute atomic E-state index is 12.6. The van der Waals surface area contributed by atoms with Crippen molar-refractivity contribution in [1.29, 1.82) is 0 Å². The van der Waals surface area contributed by atoms with E-state index in [1.165, 1.54) is 0 Å². The Balaban J connectivity index is 1.39. The van der Waals surface area contributed by atoms with Crippen molar-refractivity contribution in [3.63, 3.8) is 0 Å². The number of amides is 1. The maximum atomic E-state index is 12.6. The second-order valence-electron chi connectivity index (χ2n) is 7.19. The van der Waals surface area contributed by atoms with Gasteiger partial charge in [-0.15, -0.1) is 0 Å². The Bertz CT molecular complexity index is 1210. The molecule has 0 atom stereocenters. The Kier molecular flexibility index (Phi) is 6.09. The van der Waals surface area contributed by atoms with E-state index < -0.39 is 0 Å². The number of ether oxygens (including phenoxy) is 1. The van der Waals surface area contributed by atoms with Crippen LogP contribution in [0.25, 0.3) is 0 Å². The largest absolute Gasteiger partial charge is 0.485 e. The molecule has 2 aromatic heterocycles. The Morgan fingerprint density at radius 3 is 2.68 bits per heavy atom. The third-order valence-corrected chi connectivity index (χ3v) is 5.22. The smallest absolute Gasteiger partial charge is 0.292 e. The van der Waals surface area contributed by atoms with Crippen LogP contribution in [0.4, 0.5) is 5.82 Å². The quantitative estimate of drug-likeness (QED) is 0.408. The SMILES string of the molecule is Cc1ccccc1OCc1ccc(C(=O)Nc2cc(C)n(Cc3ccccc3Cl)n2)o1. The van der Waals surface area contributed by atoms with Crippen molar-refractivity contribution in [2.75, 3.05) is 5.32 Å². The highest BCUT2D eigenvalue weighted by atomic mass is 35.5. The van der Waals surface area contributed by atoms with Gasteiger partial charge in [-0.3, -0.25) is 9.48 Å². The molecule has 6 nitrogen and oxygen atoms in total. The number of anilines is 1. The van der Waals surface area contributed by atoms with Gasteiger partial charge in [0, 0.05) is 16.8 Å². The molecule has 0 spiro atoms. The first kappa shape index (κ1) is 20.8. The summed E-state index contributed by atoms with van der Waals surface area (Å²) >= 11 is 6.24. The number of halogens is 1. The summed E-state index contributed by atoms with van der Waals surface area (Å²) in [7, 11) is 0. The first-order valence-electron chi connectivity index (χ1n) is 9.86. The van der Waals surface area contributed by atoms with Crippen LogP contribution >= 0.6 is 11.6 Å². The van der Waals surface area contributed by atoms with Crippen LogP contribution < -0.4 is 10.1 Å². The van der Waals surface area contributed by atoms with Crippen molar-refractivity contribution in [2.45, 2.75) is 27.0 Å². The first-order valence-corrected chi connectivity index (χ1v) is 10.2. The van der Waals surface area contributed by atoms with E-state index in [0.29, 0.717) is 23.1 Å². The number of aryl methyl sites for hydroxylation is 2. The highest BCUT2D eigenvalue weighted by Crippen LogP contribution is 2.20. The number of carbonyl (C=O) groups excluding carboxylic acids is 1. The molecule has 2 heterocycles. The lowest BCUT2D eigenvalue weighted by Crippen LogP contribution is -2.12. The zero-order valence-corrected chi connectivity index (χ0v) is 18.0. The van der Waals surface area contributed by atoms with Gasteiger partial charge in [-0.1, -0.05) is 48.0 Å². The molecule has 158 valence electrons. The number of benzene rings is 2. The van der Waals surface area contributed by atoms with Gasteiger partial charge < -0.3 is 14.5 Å². The summed E-state index contributed by atoms with van der Waals surface area (Å²) in [5, 5.41) is 7.92. The molecule has 0 saturated heterocycles. The summed E-state index contributed by atoms with van der Waals surface area (Å²) in [5.41, 5.74) is 2.90. The molecule has 0 bridgehead atoms. The molecule has 0 aliphatic carbocycles. The van der Waals surface area contributed by atoms with Crippen molar-refractivity contribution in [2.24, 2.45) is 0 Å². The van der Waals surface area contributed by atoms with E-state index in [4.69, 9.17) is 20.8 Å². The Labute approximate surface area is 185 Å². The van der Waals surface area contributed by atoms with Crippen LogP contribution in [0.15, 0.2) is 71.1 Å². The molecule has 0 aliphatic heterocycles. The van der Waals surface area contributed by atoms with Gasteiger partial charge in [0.05, 0.1) is 6.54 Å². The van der Waals surface area contributed by atoms with Crippen LogP contribution in [0.2, 0.25) is 5.02 Å². The number of nitrogens with one attached hydrogen (secondary N) is 1.